The van der Waals surface area contributed by atoms with E-state index in [0.717, 1.165) is 4.90 Å². The number of anilines is 1. The third-order valence-electron chi connectivity index (χ3n) is 4.71. The number of esters is 1. The van der Waals surface area contributed by atoms with E-state index in [1.165, 1.54) is 19.1 Å². The number of nitrogens with zero attached hydrogens (tertiary/aromatic N) is 3. The zero-order valence-corrected chi connectivity index (χ0v) is 17.1. The van der Waals surface area contributed by atoms with Crippen LogP contribution in [0.3, 0.4) is 0 Å². The van der Waals surface area contributed by atoms with Gasteiger partial charge in [-0.3, -0.25) is 14.5 Å². The lowest BCUT2D eigenvalue weighted by molar-refractivity contribution is -0.149. The molecule has 0 bridgehead atoms. The third kappa shape index (κ3) is 3.34. The van der Waals surface area contributed by atoms with Crippen molar-refractivity contribution >= 4 is 57.7 Å². The normalized spacial score (nSPS) is 14.2. The largest absolute Gasteiger partial charge is 0.456 e. The number of benzene rings is 2. The Labute approximate surface area is 180 Å². The van der Waals surface area contributed by atoms with Crippen molar-refractivity contribution in [2.75, 3.05) is 5.73 Å². The maximum absolute atomic E-state index is 12.6. The number of aromatic nitrogens is 2. The van der Waals surface area contributed by atoms with Crippen LogP contribution in [0.1, 0.15) is 33.5 Å². The minimum Gasteiger partial charge on any atom is -0.456 e. The Bertz CT molecular complexity index is 1190. The molecule has 2 aromatic carbocycles. The van der Waals surface area contributed by atoms with Gasteiger partial charge in [0, 0.05) is 5.39 Å². The van der Waals surface area contributed by atoms with Crippen molar-refractivity contribution in [1.29, 1.82) is 0 Å². The fraction of sp³-hybridized carbons (Fsp3) is 0.150. The molecule has 2 heterocycles. The zero-order valence-electron chi connectivity index (χ0n) is 15.6. The molecule has 3 aromatic rings. The van der Waals surface area contributed by atoms with Crippen LogP contribution in [0, 0.1) is 0 Å². The zero-order chi connectivity index (χ0) is 21.6. The number of carbonyl (C=O) groups excluding carboxylic acids is 3. The molecule has 2 N–H and O–H groups in total. The van der Waals surface area contributed by atoms with E-state index in [4.69, 9.17) is 33.7 Å². The number of hydrogen-bond acceptors (Lipinski definition) is 7. The molecule has 10 heteroatoms. The summed E-state index contributed by atoms with van der Waals surface area (Å²) >= 11 is 11.9. The van der Waals surface area contributed by atoms with Crippen LogP contribution >= 0.6 is 23.2 Å². The van der Waals surface area contributed by atoms with Crippen LogP contribution in [0.15, 0.2) is 36.4 Å². The lowest BCUT2D eigenvalue weighted by Gasteiger charge is -2.20. The Morgan fingerprint density at radius 2 is 1.70 bits per heavy atom. The maximum Gasteiger partial charge on any atom is 0.329 e. The number of rotatable bonds is 4. The van der Waals surface area contributed by atoms with E-state index in [2.05, 4.69) is 9.97 Å². The minimum absolute atomic E-state index is 0.0830. The number of nitrogen functional groups attached to an aromatic ring is 1. The second kappa shape index (κ2) is 7.55. The number of ether oxygens (including phenoxy) is 1. The third-order valence-corrected chi connectivity index (χ3v) is 5.43. The molecule has 0 fully saturated rings. The Balaban J connectivity index is 1.51. The Kier molecular flexibility index (Phi) is 5.05. The molecule has 30 heavy (non-hydrogen) atoms. The molecule has 0 unspecified atom stereocenters. The summed E-state index contributed by atoms with van der Waals surface area (Å²) in [5, 5.41) is 0.962. The van der Waals surface area contributed by atoms with Crippen molar-refractivity contribution < 1.29 is 19.1 Å². The summed E-state index contributed by atoms with van der Waals surface area (Å²) in [5.74, 6) is -1.63. The van der Waals surface area contributed by atoms with Crippen LogP contribution in [0.2, 0.25) is 10.0 Å². The molecule has 8 nitrogen and oxygen atoms in total. The highest BCUT2D eigenvalue weighted by Crippen LogP contribution is 2.32. The molecule has 1 aliphatic rings. The van der Waals surface area contributed by atoms with Gasteiger partial charge >= 0.3 is 5.97 Å². The first-order chi connectivity index (χ1) is 14.3. The first kappa shape index (κ1) is 20.1. The number of nitrogens with two attached hydrogens (primary N) is 1. The number of carbonyl (C=O) groups is 3. The summed E-state index contributed by atoms with van der Waals surface area (Å²) < 4.78 is 5.23. The van der Waals surface area contributed by atoms with E-state index in [1.807, 2.05) is 6.07 Å². The highest BCUT2D eigenvalue weighted by molar-refractivity contribution is 6.43. The monoisotopic (exact) mass is 444 g/mol. The van der Waals surface area contributed by atoms with E-state index in [1.54, 1.807) is 18.2 Å². The Hall–Kier alpha value is -3.23. The molecular weight excluding hydrogens is 431 g/mol. The smallest absolute Gasteiger partial charge is 0.329 e. The topological polar surface area (TPSA) is 115 Å². The SMILES string of the molecule is C[C@@H](C(=O)OCc1nc(N)c2ccccc2n1)N1C(=O)c2cc(Cl)c(Cl)cc2C1=O. The second-order valence-corrected chi connectivity index (χ2v) is 7.43. The maximum atomic E-state index is 12.6. The van der Waals surface area contributed by atoms with Crippen LogP contribution in [0.4, 0.5) is 5.82 Å². The molecule has 0 saturated carbocycles. The summed E-state index contributed by atoms with van der Waals surface area (Å²) in [5.41, 5.74) is 6.70. The molecular formula is C20H14Cl2N4O4. The lowest BCUT2D eigenvalue weighted by atomic mass is 10.1. The van der Waals surface area contributed by atoms with Gasteiger partial charge in [-0.1, -0.05) is 35.3 Å². The van der Waals surface area contributed by atoms with Crippen molar-refractivity contribution in [3.05, 3.63) is 63.4 Å². The summed E-state index contributed by atoms with van der Waals surface area (Å²) in [7, 11) is 0. The lowest BCUT2D eigenvalue weighted by Crippen LogP contribution is -2.43. The second-order valence-electron chi connectivity index (χ2n) is 6.62. The van der Waals surface area contributed by atoms with E-state index >= 15 is 0 Å². The number of amides is 2. The molecule has 1 aliphatic heterocycles. The van der Waals surface area contributed by atoms with Gasteiger partial charge in [-0.2, -0.15) is 0 Å². The van der Waals surface area contributed by atoms with Gasteiger partial charge in [-0.05, 0) is 31.2 Å². The molecule has 0 spiro atoms. The van der Waals surface area contributed by atoms with Gasteiger partial charge in [0.25, 0.3) is 11.8 Å². The van der Waals surface area contributed by atoms with Crippen LogP contribution in [0.25, 0.3) is 10.9 Å². The van der Waals surface area contributed by atoms with Crippen LogP contribution in [-0.4, -0.2) is 38.7 Å². The summed E-state index contributed by atoms with van der Waals surface area (Å²) in [6.07, 6.45) is 0. The first-order valence-electron chi connectivity index (χ1n) is 8.82. The van der Waals surface area contributed by atoms with E-state index in [-0.39, 0.29) is 39.4 Å². The van der Waals surface area contributed by atoms with E-state index in [0.29, 0.717) is 10.9 Å². The number of imide groups is 1. The van der Waals surface area contributed by atoms with Gasteiger partial charge in [-0.15, -0.1) is 0 Å². The van der Waals surface area contributed by atoms with Gasteiger partial charge < -0.3 is 10.5 Å². The van der Waals surface area contributed by atoms with Gasteiger partial charge in [0.1, 0.15) is 11.9 Å². The number of halogens is 2. The van der Waals surface area contributed by atoms with Crippen LogP contribution in [-0.2, 0) is 16.1 Å². The minimum atomic E-state index is -1.17. The summed E-state index contributed by atoms with van der Waals surface area (Å²) in [4.78, 5) is 47.0. The number of hydrogen-bond donors (Lipinski definition) is 1. The van der Waals surface area contributed by atoms with Crippen molar-refractivity contribution in [3.63, 3.8) is 0 Å². The molecule has 1 atom stereocenters. The highest BCUT2D eigenvalue weighted by atomic mass is 35.5. The number of para-hydroxylation sites is 1. The van der Waals surface area contributed by atoms with Crippen LogP contribution < -0.4 is 5.73 Å². The van der Waals surface area contributed by atoms with Crippen molar-refractivity contribution in [1.82, 2.24) is 14.9 Å². The van der Waals surface area contributed by atoms with E-state index < -0.39 is 23.8 Å². The first-order valence-corrected chi connectivity index (χ1v) is 9.58. The average molecular weight is 445 g/mol. The predicted octanol–water partition coefficient (Wildman–Crippen LogP) is 3.25. The molecule has 4 rings (SSSR count). The number of fused-ring (bicyclic) bond motifs is 2. The standard InChI is InChI=1S/C20H14Cl2N4O4/c1-9(26-18(27)11-6-13(21)14(22)7-12(11)19(26)28)20(29)30-8-16-24-15-5-3-2-4-10(15)17(23)25-16/h2-7,9H,8H2,1H3,(H2,23,24,25)/t9-/m0/s1. The van der Waals surface area contributed by atoms with Gasteiger partial charge in [-0.25, -0.2) is 14.8 Å². The predicted molar refractivity (Wildman–Crippen MR) is 110 cm³/mol. The fourth-order valence-electron chi connectivity index (χ4n) is 3.18. The Morgan fingerprint density at radius 3 is 2.33 bits per heavy atom. The van der Waals surface area contributed by atoms with Gasteiger partial charge in [0.15, 0.2) is 12.4 Å². The van der Waals surface area contributed by atoms with Crippen molar-refractivity contribution in [2.45, 2.75) is 19.6 Å². The molecule has 0 aliphatic carbocycles. The highest BCUT2D eigenvalue weighted by Gasteiger charge is 2.42. The van der Waals surface area contributed by atoms with E-state index in [9.17, 15) is 14.4 Å². The average Bonchev–Trinajstić information content (AvgIpc) is 2.96. The molecule has 0 radical (unpaired) electrons. The van der Waals surface area contributed by atoms with Crippen LogP contribution in [0.5, 0.6) is 0 Å². The van der Waals surface area contributed by atoms with Gasteiger partial charge in [0.05, 0.1) is 26.7 Å². The quantitative estimate of drug-likeness (QED) is 0.484. The molecule has 152 valence electrons. The van der Waals surface area contributed by atoms with Gasteiger partial charge in [0.2, 0.25) is 0 Å². The Morgan fingerprint density at radius 1 is 1.10 bits per heavy atom. The summed E-state index contributed by atoms with van der Waals surface area (Å²) in [6.45, 7) is 1.13. The molecule has 1 aromatic heterocycles. The van der Waals surface area contributed by atoms with Crippen molar-refractivity contribution in [2.24, 2.45) is 0 Å². The van der Waals surface area contributed by atoms with Crippen molar-refractivity contribution in [3.8, 4) is 0 Å². The fourth-order valence-corrected chi connectivity index (χ4v) is 3.51. The summed E-state index contributed by atoms with van der Waals surface area (Å²) in [6, 6.07) is 8.60. The molecule has 0 saturated heterocycles. The molecule has 2 amide bonds.